The molecule has 1 atom stereocenters. The fourth-order valence-electron chi connectivity index (χ4n) is 1.77. The third-order valence-electron chi connectivity index (χ3n) is 2.92. The molecular formula is C15H22BrN3O2S2. The summed E-state index contributed by atoms with van der Waals surface area (Å²) in [6.45, 7) is 6.53. The predicted molar refractivity (Wildman–Crippen MR) is 103 cm³/mol. The van der Waals surface area contributed by atoms with Gasteiger partial charge < -0.3 is 10.1 Å². The number of halogens is 1. The van der Waals surface area contributed by atoms with Crippen LogP contribution in [0.25, 0.3) is 0 Å². The summed E-state index contributed by atoms with van der Waals surface area (Å²) in [7, 11) is 1.62. The van der Waals surface area contributed by atoms with Crippen molar-refractivity contribution in [1.29, 1.82) is 0 Å². The van der Waals surface area contributed by atoms with Gasteiger partial charge in [-0.3, -0.25) is 15.6 Å². The predicted octanol–water partition coefficient (Wildman–Crippen LogP) is 2.69. The standard InChI is InChI=1S/C15H22BrN3O2S2/c1-9-6-13(10(2)5-12(9)16)23-8-14(20)18-19-15(22)17-11(3)7-21-4/h5-6,11H,7-8H2,1-4H3,(H,18,20)(H2,17,19,22)/t11-/m1/s1. The highest BCUT2D eigenvalue weighted by atomic mass is 79.9. The Kier molecular flexibility index (Phi) is 8.90. The molecule has 1 aromatic carbocycles. The van der Waals surface area contributed by atoms with Crippen LogP contribution in [-0.4, -0.2) is 36.5 Å². The summed E-state index contributed by atoms with van der Waals surface area (Å²) in [5.74, 6) is 0.170. The first kappa shape index (κ1) is 20.2. The summed E-state index contributed by atoms with van der Waals surface area (Å²) >= 11 is 10.1. The van der Waals surface area contributed by atoms with E-state index in [0.717, 1.165) is 20.5 Å². The van der Waals surface area contributed by atoms with Gasteiger partial charge in [-0.05, 0) is 56.2 Å². The Labute approximate surface area is 155 Å². The van der Waals surface area contributed by atoms with Crippen molar-refractivity contribution in [3.05, 3.63) is 27.7 Å². The second kappa shape index (κ2) is 10.1. The van der Waals surface area contributed by atoms with Gasteiger partial charge >= 0.3 is 0 Å². The van der Waals surface area contributed by atoms with E-state index in [2.05, 4.69) is 44.2 Å². The monoisotopic (exact) mass is 419 g/mol. The lowest BCUT2D eigenvalue weighted by molar-refractivity contribution is -0.119. The molecule has 0 radical (unpaired) electrons. The third kappa shape index (κ3) is 7.52. The lowest BCUT2D eigenvalue weighted by Gasteiger charge is -2.16. The summed E-state index contributed by atoms with van der Waals surface area (Å²) in [6.07, 6.45) is 0. The second-order valence-electron chi connectivity index (χ2n) is 5.16. The highest BCUT2D eigenvalue weighted by Crippen LogP contribution is 2.28. The number of thiocarbonyl (C=S) groups is 1. The second-order valence-corrected chi connectivity index (χ2v) is 7.44. The first-order chi connectivity index (χ1) is 10.8. The molecular weight excluding hydrogens is 398 g/mol. The molecule has 1 aromatic rings. The van der Waals surface area contributed by atoms with E-state index in [1.807, 2.05) is 20.8 Å². The van der Waals surface area contributed by atoms with Gasteiger partial charge in [0.05, 0.1) is 12.4 Å². The van der Waals surface area contributed by atoms with Gasteiger partial charge in [0.25, 0.3) is 0 Å². The minimum Gasteiger partial charge on any atom is -0.383 e. The molecule has 5 nitrogen and oxygen atoms in total. The molecule has 0 saturated heterocycles. The number of nitrogens with one attached hydrogen (secondary N) is 3. The number of aryl methyl sites for hydroxylation is 2. The molecule has 0 spiro atoms. The van der Waals surface area contributed by atoms with Crippen molar-refractivity contribution in [3.8, 4) is 0 Å². The van der Waals surface area contributed by atoms with Crippen molar-refractivity contribution in [1.82, 2.24) is 16.2 Å². The van der Waals surface area contributed by atoms with Gasteiger partial charge in [0, 0.05) is 22.5 Å². The van der Waals surface area contributed by atoms with Crippen LogP contribution < -0.4 is 16.2 Å². The van der Waals surface area contributed by atoms with Crippen LogP contribution in [0.1, 0.15) is 18.1 Å². The number of hydrogen-bond acceptors (Lipinski definition) is 4. The first-order valence-electron chi connectivity index (χ1n) is 7.07. The van der Waals surface area contributed by atoms with Crippen molar-refractivity contribution in [2.45, 2.75) is 31.7 Å². The van der Waals surface area contributed by atoms with Crippen LogP contribution in [0.15, 0.2) is 21.5 Å². The Bertz CT molecular complexity index is 570. The quantitative estimate of drug-likeness (QED) is 0.374. The molecule has 0 heterocycles. The van der Waals surface area contributed by atoms with Crippen molar-refractivity contribution in [2.75, 3.05) is 19.5 Å². The van der Waals surface area contributed by atoms with E-state index in [-0.39, 0.29) is 11.9 Å². The maximum absolute atomic E-state index is 11.9. The first-order valence-corrected chi connectivity index (χ1v) is 9.26. The molecule has 1 rings (SSSR count). The lowest BCUT2D eigenvalue weighted by Crippen LogP contribution is -2.50. The Morgan fingerprint density at radius 2 is 2.04 bits per heavy atom. The molecule has 0 aromatic heterocycles. The highest BCUT2D eigenvalue weighted by molar-refractivity contribution is 9.10. The van der Waals surface area contributed by atoms with Crippen LogP contribution in [0.2, 0.25) is 0 Å². The molecule has 0 saturated carbocycles. The van der Waals surface area contributed by atoms with Gasteiger partial charge in [0.2, 0.25) is 5.91 Å². The van der Waals surface area contributed by atoms with Crippen LogP contribution in [0, 0.1) is 13.8 Å². The van der Waals surface area contributed by atoms with Crippen molar-refractivity contribution >= 4 is 50.9 Å². The highest BCUT2D eigenvalue weighted by Gasteiger charge is 2.08. The molecule has 0 aliphatic rings. The van der Waals surface area contributed by atoms with E-state index >= 15 is 0 Å². The Hall–Kier alpha value is -0.830. The SMILES string of the molecule is COC[C@@H](C)NC(=S)NNC(=O)CSc1cc(C)c(Br)cc1C. The van der Waals surface area contributed by atoms with E-state index in [9.17, 15) is 4.79 Å². The van der Waals surface area contributed by atoms with E-state index in [4.69, 9.17) is 17.0 Å². The number of carbonyl (C=O) groups excluding carboxylic acids is 1. The molecule has 128 valence electrons. The molecule has 1 amide bonds. The van der Waals surface area contributed by atoms with Gasteiger partial charge in [-0.1, -0.05) is 15.9 Å². The van der Waals surface area contributed by atoms with Crippen LogP contribution in [0.5, 0.6) is 0 Å². The molecule has 8 heteroatoms. The summed E-state index contributed by atoms with van der Waals surface area (Å²) in [6, 6.07) is 4.20. The molecule has 0 fully saturated rings. The fourth-order valence-corrected chi connectivity index (χ4v) is 3.38. The zero-order valence-corrected chi connectivity index (χ0v) is 16.9. The topological polar surface area (TPSA) is 62.4 Å². The van der Waals surface area contributed by atoms with Crippen molar-refractivity contribution in [3.63, 3.8) is 0 Å². The van der Waals surface area contributed by atoms with E-state index in [1.54, 1.807) is 7.11 Å². The maximum atomic E-state index is 11.9. The van der Waals surface area contributed by atoms with Gasteiger partial charge in [-0.2, -0.15) is 0 Å². The average Bonchev–Trinajstić information content (AvgIpc) is 2.47. The summed E-state index contributed by atoms with van der Waals surface area (Å²) in [5.41, 5.74) is 7.55. The fraction of sp³-hybridized carbons (Fsp3) is 0.467. The number of methoxy groups -OCH3 is 1. The number of hydrazine groups is 1. The van der Waals surface area contributed by atoms with Crippen LogP contribution in [-0.2, 0) is 9.53 Å². The normalized spacial score (nSPS) is 11.7. The molecule has 3 N–H and O–H groups in total. The van der Waals surface area contributed by atoms with Crippen LogP contribution in [0.4, 0.5) is 0 Å². The molecule has 23 heavy (non-hydrogen) atoms. The van der Waals surface area contributed by atoms with Crippen LogP contribution in [0.3, 0.4) is 0 Å². The van der Waals surface area contributed by atoms with Crippen LogP contribution >= 0.6 is 39.9 Å². The maximum Gasteiger partial charge on any atom is 0.248 e. The molecule has 0 unspecified atom stereocenters. The number of hydrogen-bond donors (Lipinski definition) is 3. The zero-order valence-electron chi connectivity index (χ0n) is 13.7. The summed E-state index contributed by atoms with van der Waals surface area (Å²) in [4.78, 5) is 13.0. The molecule has 0 aliphatic heterocycles. The van der Waals surface area contributed by atoms with E-state index in [1.165, 1.54) is 11.8 Å². The van der Waals surface area contributed by atoms with Gasteiger partial charge in [0.15, 0.2) is 5.11 Å². The number of rotatable bonds is 6. The number of benzene rings is 1. The smallest absolute Gasteiger partial charge is 0.248 e. The summed E-state index contributed by atoms with van der Waals surface area (Å²) < 4.78 is 6.08. The molecule has 0 bridgehead atoms. The van der Waals surface area contributed by atoms with Crippen molar-refractivity contribution < 1.29 is 9.53 Å². The zero-order chi connectivity index (χ0) is 17.4. The number of thioether (sulfide) groups is 1. The largest absolute Gasteiger partial charge is 0.383 e. The Morgan fingerprint density at radius 3 is 2.70 bits per heavy atom. The van der Waals surface area contributed by atoms with E-state index in [0.29, 0.717) is 17.5 Å². The van der Waals surface area contributed by atoms with E-state index < -0.39 is 0 Å². The van der Waals surface area contributed by atoms with Gasteiger partial charge in [-0.25, -0.2) is 0 Å². The van der Waals surface area contributed by atoms with Gasteiger partial charge in [0.1, 0.15) is 0 Å². The van der Waals surface area contributed by atoms with Gasteiger partial charge in [-0.15, -0.1) is 11.8 Å². The Balaban J connectivity index is 2.37. The summed E-state index contributed by atoms with van der Waals surface area (Å²) in [5, 5.41) is 3.37. The number of amides is 1. The average molecular weight is 420 g/mol. The minimum atomic E-state index is -0.140. The Morgan fingerprint density at radius 1 is 1.35 bits per heavy atom. The minimum absolute atomic E-state index is 0.0691. The number of carbonyl (C=O) groups is 1. The molecule has 0 aliphatic carbocycles. The lowest BCUT2D eigenvalue weighted by atomic mass is 10.2. The third-order valence-corrected chi connectivity index (χ3v) is 5.16. The van der Waals surface area contributed by atoms with Crippen molar-refractivity contribution in [2.24, 2.45) is 0 Å². The number of ether oxygens (including phenoxy) is 1.